The number of nitrogens with one attached hydrogen (secondary N) is 1. The fourth-order valence-electron chi connectivity index (χ4n) is 1.29. The minimum atomic E-state index is 0.0382. The van der Waals surface area contributed by atoms with E-state index in [2.05, 4.69) is 4.98 Å². The van der Waals surface area contributed by atoms with Crippen molar-refractivity contribution >= 4 is 22.5 Å². The number of aromatic nitrogens is 1. The first-order chi connectivity index (χ1) is 6.18. The maximum atomic E-state index is 11.6. The summed E-state index contributed by atoms with van der Waals surface area (Å²) in [7, 11) is 0. The lowest BCUT2D eigenvalue weighted by atomic mass is 10.1. The van der Waals surface area contributed by atoms with Crippen molar-refractivity contribution in [3.63, 3.8) is 0 Å². The topological polar surface area (TPSA) is 32.9 Å². The average Bonchev–Trinajstić information content (AvgIpc) is 2.12. The number of benzene rings is 1. The summed E-state index contributed by atoms with van der Waals surface area (Å²) in [5.41, 5.74) is 1.56. The zero-order chi connectivity index (χ0) is 9.42. The SMILES string of the molecule is Cc1c[nH]c2ccc(Cl)cc2c1=O. The van der Waals surface area contributed by atoms with Gasteiger partial charge in [0.1, 0.15) is 0 Å². The van der Waals surface area contributed by atoms with Crippen LogP contribution in [0.2, 0.25) is 5.02 Å². The molecule has 2 aromatic rings. The third-order valence-corrected chi connectivity index (χ3v) is 2.26. The monoisotopic (exact) mass is 193 g/mol. The quantitative estimate of drug-likeness (QED) is 0.685. The summed E-state index contributed by atoms with van der Waals surface area (Å²) in [5.74, 6) is 0. The van der Waals surface area contributed by atoms with Gasteiger partial charge in [0.2, 0.25) is 0 Å². The van der Waals surface area contributed by atoms with Gasteiger partial charge < -0.3 is 4.98 Å². The van der Waals surface area contributed by atoms with E-state index in [0.717, 1.165) is 5.52 Å². The lowest BCUT2D eigenvalue weighted by Crippen LogP contribution is -2.05. The van der Waals surface area contributed by atoms with E-state index in [1.165, 1.54) is 0 Å². The second-order valence-electron chi connectivity index (χ2n) is 2.99. The minimum absolute atomic E-state index is 0.0382. The molecule has 0 aliphatic heterocycles. The Morgan fingerprint density at radius 2 is 2.15 bits per heavy atom. The summed E-state index contributed by atoms with van der Waals surface area (Å²) in [5, 5.41) is 1.23. The van der Waals surface area contributed by atoms with Crippen molar-refractivity contribution < 1.29 is 0 Å². The Balaban J connectivity index is 2.97. The van der Waals surface area contributed by atoms with E-state index in [1.807, 2.05) is 0 Å². The summed E-state index contributed by atoms with van der Waals surface area (Å²) in [4.78, 5) is 14.6. The molecule has 0 bridgehead atoms. The number of hydrogen-bond acceptors (Lipinski definition) is 1. The zero-order valence-corrected chi connectivity index (χ0v) is 7.85. The normalized spacial score (nSPS) is 10.6. The van der Waals surface area contributed by atoms with Gasteiger partial charge in [0.05, 0.1) is 0 Å². The van der Waals surface area contributed by atoms with Crippen molar-refractivity contribution in [2.45, 2.75) is 6.92 Å². The molecule has 0 aliphatic rings. The van der Waals surface area contributed by atoms with E-state index in [9.17, 15) is 4.79 Å². The molecular weight excluding hydrogens is 186 g/mol. The standard InChI is InChI=1S/C10H8ClNO/c1-6-5-12-9-3-2-7(11)4-8(9)10(6)13/h2-5H,1H3,(H,12,13). The second-order valence-corrected chi connectivity index (χ2v) is 3.43. The number of pyridine rings is 1. The summed E-state index contributed by atoms with van der Waals surface area (Å²) in [6, 6.07) is 5.25. The van der Waals surface area contributed by atoms with Crippen LogP contribution in [0.4, 0.5) is 0 Å². The van der Waals surface area contributed by atoms with E-state index in [4.69, 9.17) is 11.6 Å². The Kier molecular flexibility index (Phi) is 1.85. The Labute approximate surface area is 80.2 Å². The van der Waals surface area contributed by atoms with Crippen LogP contribution in [0.5, 0.6) is 0 Å². The van der Waals surface area contributed by atoms with Gasteiger partial charge in [0, 0.05) is 27.7 Å². The molecule has 0 amide bonds. The van der Waals surface area contributed by atoms with Crippen LogP contribution >= 0.6 is 11.6 Å². The van der Waals surface area contributed by atoms with Crippen LogP contribution in [0.15, 0.2) is 29.2 Å². The van der Waals surface area contributed by atoms with Crippen LogP contribution < -0.4 is 5.43 Å². The van der Waals surface area contributed by atoms with Gasteiger partial charge in [-0.1, -0.05) is 11.6 Å². The molecule has 1 aromatic heterocycles. The predicted octanol–water partition coefficient (Wildman–Crippen LogP) is 2.49. The third kappa shape index (κ3) is 1.33. The smallest absolute Gasteiger partial charge is 0.192 e. The van der Waals surface area contributed by atoms with Gasteiger partial charge in [-0.2, -0.15) is 0 Å². The van der Waals surface area contributed by atoms with Gasteiger partial charge in [-0.25, -0.2) is 0 Å². The zero-order valence-electron chi connectivity index (χ0n) is 7.10. The van der Waals surface area contributed by atoms with Gasteiger partial charge >= 0.3 is 0 Å². The highest BCUT2D eigenvalue weighted by Crippen LogP contribution is 2.14. The van der Waals surface area contributed by atoms with Crippen molar-refractivity contribution in [1.29, 1.82) is 0 Å². The molecule has 3 heteroatoms. The van der Waals surface area contributed by atoms with E-state index < -0.39 is 0 Å². The van der Waals surface area contributed by atoms with Crippen LogP contribution in [0, 0.1) is 6.92 Å². The van der Waals surface area contributed by atoms with Crippen molar-refractivity contribution in [1.82, 2.24) is 4.98 Å². The summed E-state index contributed by atoms with van der Waals surface area (Å²) < 4.78 is 0. The molecule has 1 aromatic carbocycles. The fourth-order valence-corrected chi connectivity index (χ4v) is 1.47. The van der Waals surface area contributed by atoms with Crippen molar-refractivity contribution in [3.8, 4) is 0 Å². The van der Waals surface area contributed by atoms with Gasteiger partial charge in [-0.3, -0.25) is 4.79 Å². The molecule has 0 saturated heterocycles. The van der Waals surface area contributed by atoms with Crippen molar-refractivity contribution in [2.24, 2.45) is 0 Å². The number of rotatable bonds is 0. The van der Waals surface area contributed by atoms with Crippen LogP contribution in [0.1, 0.15) is 5.56 Å². The Hall–Kier alpha value is -1.28. The van der Waals surface area contributed by atoms with Gasteiger partial charge in [-0.15, -0.1) is 0 Å². The lowest BCUT2D eigenvalue weighted by Gasteiger charge is -1.98. The van der Waals surface area contributed by atoms with E-state index in [-0.39, 0.29) is 5.43 Å². The first kappa shape index (κ1) is 8.32. The van der Waals surface area contributed by atoms with E-state index >= 15 is 0 Å². The maximum Gasteiger partial charge on any atom is 0.192 e. The summed E-state index contributed by atoms with van der Waals surface area (Å²) in [6.45, 7) is 1.78. The number of aromatic amines is 1. The Morgan fingerprint density at radius 3 is 2.92 bits per heavy atom. The van der Waals surface area contributed by atoms with E-state index in [0.29, 0.717) is 16.0 Å². The molecule has 0 saturated carbocycles. The Morgan fingerprint density at radius 1 is 1.38 bits per heavy atom. The van der Waals surface area contributed by atoms with Crippen LogP contribution in [-0.2, 0) is 0 Å². The van der Waals surface area contributed by atoms with E-state index in [1.54, 1.807) is 31.3 Å². The highest BCUT2D eigenvalue weighted by molar-refractivity contribution is 6.31. The fraction of sp³-hybridized carbons (Fsp3) is 0.100. The van der Waals surface area contributed by atoms with Crippen LogP contribution in [-0.4, -0.2) is 4.98 Å². The molecule has 2 nitrogen and oxygen atoms in total. The molecule has 0 atom stereocenters. The Bertz CT molecular complexity index is 511. The molecule has 0 aliphatic carbocycles. The number of halogens is 1. The van der Waals surface area contributed by atoms with Crippen LogP contribution in [0.25, 0.3) is 10.9 Å². The summed E-state index contributed by atoms with van der Waals surface area (Å²) in [6.07, 6.45) is 1.71. The number of fused-ring (bicyclic) bond motifs is 1. The van der Waals surface area contributed by atoms with Crippen molar-refractivity contribution in [3.05, 3.63) is 45.2 Å². The van der Waals surface area contributed by atoms with Crippen LogP contribution in [0.3, 0.4) is 0 Å². The third-order valence-electron chi connectivity index (χ3n) is 2.03. The predicted molar refractivity (Wildman–Crippen MR) is 54.3 cm³/mol. The lowest BCUT2D eigenvalue weighted by molar-refractivity contribution is 1.30. The van der Waals surface area contributed by atoms with Gasteiger partial charge in [-0.05, 0) is 25.1 Å². The summed E-state index contributed by atoms with van der Waals surface area (Å²) >= 11 is 5.79. The first-order valence-corrected chi connectivity index (χ1v) is 4.34. The molecule has 0 fully saturated rings. The highest BCUT2D eigenvalue weighted by atomic mass is 35.5. The number of hydrogen-bond donors (Lipinski definition) is 1. The molecule has 0 radical (unpaired) electrons. The molecule has 2 rings (SSSR count). The number of aryl methyl sites for hydroxylation is 1. The maximum absolute atomic E-state index is 11.6. The van der Waals surface area contributed by atoms with Gasteiger partial charge in [0.25, 0.3) is 0 Å². The molecule has 66 valence electrons. The highest BCUT2D eigenvalue weighted by Gasteiger charge is 2.01. The molecule has 0 spiro atoms. The minimum Gasteiger partial charge on any atom is -0.361 e. The second kappa shape index (κ2) is 2.89. The first-order valence-electron chi connectivity index (χ1n) is 3.96. The molecule has 1 heterocycles. The average molecular weight is 194 g/mol. The molecule has 1 N–H and O–H groups in total. The van der Waals surface area contributed by atoms with Crippen molar-refractivity contribution in [2.75, 3.05) is 0 Å². The molecular formula is C10H8ClNO. The van der Waals surface area contributed by atoms with Gasteiger partial charge in [0.15, 0.2) is 5.43 Å². The largest absolute Gasteiger partial charge is 0.361 e. The number of H-pyrrole nitrogens is 1. The molecule has 13 heavy (non-hydrogen) atoms. The molecule has 0 unspecified atom stereocenters.